The minimum Gasteiger partial charge on any atom is -0.271 e. The summed E-state index contributed by atoms with van der Waals surface area (Å²) in [5, 5.41) is 0. The third-order valence-corrected chi connectivity index (χ3v) is 3.61. The molecule has 1 unspecified atom stereocenters. The van der Waals surface area contributed by atoms with Crippen molar-refractivity contribution in [3.05, 3.63) is 68.8 Å². The summed E-state index contributed by atoms with van der Waals surface area (Å²) < 4.78 is 28.0. The van der Waals surface area contributed by atoms with E-state index >= 15 is 0 Å². The van der Waals surface area contributed by atoms with Gasteiger partial charge in [0.1, 0.15) is 11.6 Å². The second-order valence-corrected chi connectivity index (χ2v) is 5.46. The maximum absolute atomic E-state index is 13.7. The number of rotatable bonds is 4. The average molecular weight is 374 g/mol. The summed E-state index contributed by atoms with van der Waals surface area (Å²) in [7, 11) is 0. The van der Waals surface area contributed by atoms with Crippen LogP contribution in [-0.4, -0.2) is 0 Å². The van der Waals surface area contributed by atoms with Crippen LogP contribution in [0.1, 0.15) is 17.2 Å². The van der Waals surface area contributed by atoms with Crippen molar-refractivity contribution in [3.63, 3.8) is 0 Å². The van der Waals surface area contributed by atoms with E-state index in [9.17, 15) is 8.78 Å². The molecule has 2 aromatic rings. The molecule has 0 radical (unpaired) electrons. The first-order chi connectivity index (χ1) is 9.10. The molecule has 2 nitrogen and oxygen atoms in total. The SMILES string of the molecule is NNC(Cc1ccc(I)cc1)c1cc(F)ccc1F. The van der Waals surface area contributed by atoms with Gasteiger partial charge in [0.2, 0.25) is 0 Å². The van der Waals surface area contributed by atoms with Crippen LogP contribution in [0.2, 0.25) is 0 Å². The molecular weight excluding hydrogens is 361 g/mol. The molecule has 0 spiro atoms. The maximum atomic E-state index is 13.7. The summed E-state index contributed by atoms with van der Waals surface area (Å²) in [4.78, 5) is 0. The standard InChI is InChI=1S/C14H13F2IN2/c15-10-3-6-13(16)12(8-10)14(19-18)7-9-1-4-11(17)5-2-9/h1-6,8,14,19H,7,18H2. The molecule has 19 heavy (non-hydrogen) atoms. The van der Waals surface area contributed by atoms with Crippen molar-refractivity contribution >= 4 is 22.6 Å². The number of nitrogens with one attached hydrogen (secondary N) is 1. The molecule has 0 aromatic heterocycles. The zero-order valence-electron chi connectivity index (χ0n) is 10.0. The Bertz CT molecular complexity index is 558. The van der Waals surface area contributed by atoms with Gasteiger partial charge in [-0.05, 0) is 64.9 Å². The molecule has 3 N–H and O–H groups in total. The monoisotopic (exact) mass is 374 g/mol. The molecule has 0 aliphatic rings. The van der Waals surface area contributed by atoms with Gasteiger partial charge in [0.05, 0.1) is 6.04 Å². The number of halogens is 3. The molecule has 1 atom stereocenters. The molecule has 0 heterocycles. The van der Waals surface area contributed by atoms with E-state index in [4.69, 9.17) is 5.84 Å². The van der Waals surface area contributed by atoms with E-state index in [0.29, 0.717) is 6.42 Å². The zero-order chi connectivity index (χ0) is 13.8. The van der Waals surface area contributed by atoms with Gasteiger partial charge in [-0.15, -0.1) is 0 Å². The van der Waals surface area contributed by atoms with Crippen LogP contribution in [0.3, 0.4) is 0 Å². The lowest BCUT2D eigenvalue weighted by Crippen LogP contribution is -2.30. The third kappa shape index (κ3) is 3.71. The van der Waals surface area contributed by atoms with Crippen LogP contribution >= 0.6 is 22.6 Å². The van der Waals surface area contributed by atoms with E-state index in [2.05, 4.69) is 28.0 Å². The Balaban J connectivity index is 2.24. The highest BCUT2D eigenvalue weighted by atomic mass is 127. The van der Waals surface area contributed by atoms with Crippen LogP contribution in [0, 0.1) is 15.2 Å². The van der Waals surface area contributed by atoms with Crippen molar-refractivity contribution in [3.8, 4) is 0 Å². The molecular formula is C14H13F2IN2. The van der Waals surface area contributed by atoms with Crippen LogP contribution < -0.4 is 11.3 Å². The van der Waals surface area contributed by atoms with E-state index in [1.165, 1.54) is 6.07 Å². The summed E-state index contributed by atoms with van der Waals surface area (Å²) >= 11 is 2.21. The zero-order valence-corrected chi connectivity index (χ0v) is 12.2. The van der Waals surface area contributed by atoms with Crippen LogP contribution in [-0.2, 0) is 6.42 Å². The van der Waals surface area contributed by atoms with Crippen molar-refractivity contribution in [1.82, 2.24) is 5.43 Å². The lowest BCUT2D eigenvalue weighted by molar-refractivity contribution is 0.502. The molecule has 0 fully saturated rings. The Labute approximate surface area is 124 Å². The Morgan fingerprint density at radius 3 is 2.42 bits per heavy atom. The fourth-order valence-corrected chi connectivity index (χ4v) is 2.26. The van der Waals surface area contributed by atoms with Gasteiger partial charge in [0, 0.05) is 9.13 Å². The van der Waals surface area contributed by atoms with Crippen LogP contribution in [0.25, 0.3) is 0 Å². The number of hydrogen-bond acceptors (Lipinski definition) is 2. The van der Waals surface area contributed by atoms with E-state index in [1.54, 1.807) is 0 Å². The first-order valence-corrected chi connectivity index (χ1v) is 6.83. The first-order valence-electron chi connectivity index (χ1n) is 5.75. The Morgan fingerprint density at radius 1 is 1.11 bits per heavy atom. The summed E-state index contributed by atoms with van der Waals surface area (Å²) in [5.41, 5.74) is 3.78. The molecule has 2 aromatic carbocycles. The lowest BCUT2D eigenvalue weighted by Gasteiger charge is -2.17. The Morgan fingerprint density at radius 2 is 1.79 bits per heavy atom. The normalized spacial score (nSPS) is 12.4. The van der Waals surface area contributed by atoms with Crippen molar-refractivity contribution in [2.45, 2.75) is 12.5 Å². The minimum absolute atomic E-state index is 0.237. The number of hydrogen-bond donors (Lipinski definition) is 2. The molecule has 0 saturated heterocycles. The van der Waals surface area contributed by atoms with Crippen molar-refractivity contribution < 1.29 is 8.78 Å². The first kappa shape index (κ1) is 14.4. The fourth-order valence-electron chi connectivity index (χ4n) is 1.90. The van der Waals surface area contributed by atoms with Gasteiger partial charge >= 0.3 is 0 Å². The largest absolute Gasteiger partial charge is 0.271 e. The van der Waals surface area contributed by atoms with Gasteiger partial charge in [-0.1, -0.05) is 12.1 Å². The second-order valence-electron chi connectivity index (χ2n) is 4.22. The van der Waals surface area contributed by atoms with Gasteiger partial charge in [-0.2, -0.15) is 0 Å². The molecule has 2 rings (SSSR count). The topological polar surface area (TPSA) is 38.0 Å². The van der Waals surface area contributed by atoms with Crippen molar-refractivity contribution in [1.29, 1.82) is 0 Å². The van der Waals surface area contributed by atoms with Crippen LogP contribution in [0.4, 0.5) is 8.78 Å². The highest BCUT2D eigenvalue weighted by Gasteiger charge is 2.15. The van der Waals surface area contributed by atoms with Gasteiger partial charge < -0.3 is 0 Å². The molecule has 0 aliphatic carbocycles. The van der Waals surface area contributed by atoms with E-state index in [0.717, 1.165) is 21.3 Å². The predicted octanol–water partition coefficient (Wildman–Crippen LogP) is 3.32. The highest BCUT2D eigenvalue weighted by molar-refractivity contribution is 14.1. The van der Waals surface area contributed by atoms with E-state index in [1.807, 2.05) is 24.3 Å². The molecule has 0 aliphatic heterocycles. The van der Waals surface area contributed by atoms with E-state index in [-0.39, 0.29) is 5.56 Å². The summed E-state index contributed by atoms with van der Waals surface area (Å²) in [6.07, 6.45) is 0.494. The molecule has 0 bridgehead atoms. The highest BCUT2D eigenvalue weighted by Crippen LogP contribution is 2.22. The van der Waals surface area contributed by atoms with Gasteiger partial charge in [0.25, 0.3) is 0 Å². The van der Waals surface area contributed by atoms with Gasteiger partial charge in [-0.25, -0.2) is 8.78 Å². The molecule has 0 amide bonds. The molecule has 0 saturated carbocycles. The number of nitrogens with two attached hydrogens (primary N) is 1. The average Bonchev–Trinajstić information content (AvgIpc) is 2.41. The molecule has 5 heteroatoms. The maximum Gasteiger partial charge on any atom is 0.128 e. The van der Waals surface area contributed by atoms with Crippen molar-refractivity contribution in [2.75, 3.05) is 0 Å². The number of benzene rings is 2. The third-order valence-electron chi connectivity index (χ3n) is 2.89. The van der Waals surface area contributed by atoms with Crippen LogP contribution in [0.5, 0.6) is 0 Å². The van der Waals surface area contributed by atoms with Crippen LogP contribution in [0.15, 0.2) is 42.5 Å². The second kappa shape index (κ2) is 6.40. The predicted molar refractivity (Wildman–Crippen MR) is 79.3 cm³/mol. The van der Waals surface area contributed by atoms with E-state index < -0.39 is 17.7 Å². The summed E-state index contributed by atoms with van der Waals surface area (Å²) in [6.45, 7) is 0. The summed E-state index contributed by atoms with van der Waals surface area (Å²) in [6, 6.07) is 10.7. The summed E-state index contributed by atoms with van der Waals surface area (Å²) in [5.74, 6) is 4.52. The molecule has 100 valence electrons. The lowest BCUT2D eigenvalue weighted by atomic mass is 9.99. The van der Waals surface area contributed by atoms with Gasteiger partial charge in [-0.3, -0.25) is 11.3 Å². The Hall–Kier alpha value is -1.05. The van der Waals surface area contributed by atoms with Crippen molar-refractivity contribution in [2.24, 2.45) is 5.84 Å². The fraction of sp³-hybridized carbons (Fsp3) is 0.143. The Kier molecular flexibility index (Phi) is 4.84. The minimum atomic E-state index is -0.473. The quantitative estimate of drug-likeness (QED) is 0.490. The smallest absolute Gasteiger partial charge is 0.128 e. The number of hydrazine groups is 1. The van der Waals surface area contributed by atoms with Gasteiger partial charge in [0.15, 0.2) is 0 Å².